The molecule has 0 aliphatic heterocycles. The smallest absolute Gasteiger partial charge is 0.246 e. The zero-order valence-corrected chi connectivity index (χ0v) is 12.8. The average Bonchev–Trinajstić information content (AvgIpc) is 2.43. The zero-order valence-electron chi connectivity index (χ0n) is 12.8. The molecule has 0 unspecified atom stereocenters. The molecule has 2 nitrogen and oxygen atoms in total. The number of carbonyl (C=O) groups excluding carboxylic acids is 1. The first-order chi connectivity index (χ1) is 9.24. The molecule has 0 heterocycles. The van der Waals surface area contributed by atoms with Crippen molar-refractivity contribution in [2.24, 2.45) is 5.92 Å². The third kappa shape index (κ3) is 7.39. The summed E-state index contributed by atoms with van der Waals surface area (Å²) in [7, 11) is 0. The first kappa shape index (κ1) is 16.3. The molecule has 0 aromatic rings. The van der Waals surface area contributed by atoms with Crippen LogP contribution in [0.3, 0.4) is 0 Å². The van der Waals surface area contributed by atoms with Crippen LogP contribution in [0.5, 0.6) is 0 Å². The maximum Gasteiger partial charge on any atom is 0.246 e. The fourth-order valence-electron chi connectivity index (χ4n) is 2.80. The predicted molar refractivity (Wildman–Crippen MR) is 82.1 cm³/mol. The second-order valence-electron chi connectivity index (χ2n) is 5.92. The number of hydrogen-bond acceptors (Lipinski definition) is 1. The minimum Gasteiger partial charge on any atom is -0.352 e. The summed E-state index contributed by atoms with van der Waals surface area (Å²) in [5.41, 5.74) is 0.917. The van der Waals surface area contributed by atoms with E-state index in [4.69, 9.17) is 0 Å². The third-order valence-corrected chi connectivity index (χ3v) is 4.06. The lowest BCUT2D eigenvalue weighted by Crippen LogP contribution is -2.25. The van der Waals surface area contributed by atoms with Crippen LogP contribution >= 0.6 is 0 Å². The van der Waals surface area contributed by atoms with Crippen molar-refractivity contribution in [2.45, 2.75) is 78.1 Å². The highest BCUT2D eigenvalue weighted by molar-refractivity contribution is 5.92. The molecule has 1 N–H and O–H groups in total. The van der Waals surface area contributed by atoms with Gasteiger partial charge < -0.3 is 5.32 Å². The third-order valence-electron chi connectivity index (χ3n) is 4.06. The second kappa shape index (κ2) is 10.1. The minimum absolute atomic E-state index is 0.140. The number of unbranched alkanes of at least 4 members (excludes halogenated alkanes) is 4. The SMILES string of the molecule is CCCCCCCNC(=O)C(C)=CC1CCCCC1. The Morgan fingerprint density at radius 3 is 2.47 bits per heavy atom. The Kier molecular flexibility index (Phi) is 8.61. The van der Waals surface area contributed by atoms with Gasteiger partial charge in [-0.3, -0.25) is 4.79 Å². The molecule has 0 aromatic carbocycles. The van der Waals surface area contributed by atoms with Gasteiger partial charge >= 0.3 is 0 Å². The van der Waals surface area contributed by atoms with Crippen LogP contribution in [0.2, 0.25) is 0 Å². The lowest BCUT2D eigenvalue weighted by Gasteiger charge is -2.18. The molecule has 0 atom stereocenters. The minimum atomic E-state index is 0.140. The summed E-state index contributed by atoms with van der Waals surface area (Å²) >= 11 is 0. The fraction of sp³-hybridized carbons (Fsp3) is 0.824. The van der Waals surface area contributed by atoms with E-state index in [2.05, 4.69) is 18.3 Å². The molecule has 1 rings (SSSR count). The summed E-state index contributed by atoms with van der Waals surface area (Å²) in [5.74, 6) is 0.783. The van der Waals surface area contributed by atoms with Gasteiger partial charge in [-0.15, -0.1) is 0 Å². The summed E-state index contributed by atoms with van der Waals surface area (Å²) in [5, 5.41) is 3.04. The van der Waals surface area contributed by atoms with E-state index in [0.717, 1.165) is 18.5 Å². The second-order valence-corrected chi connectivity index (χ2v) is 5.92. The molecule has 1 aliphatic rings. The molecule has 0 saturated heterocycles. The highest BCUT2D eigenvalue weighted by atomic mass is 16.1. The normalized spacial score (nSPS) is 17.5. The van der Waals surface area contributed by atoms with Gasteiger partial charge in [-0.1, -0.05) is 57.9 Å². The largest absolute Gasteiger partial charge is 0.352 e. The van der Waals surface area contributed by atoms with Gasteiger partial charge in [0, 0.05) is 12.1 Å². The van der Waals surface area contributed by atoms with Gasteiger partial charge in [-0.05, 0) is 32.1 Å². The number of amides is 1. The number of carbonyl (C=O) groups is 1. The van der Waals surface area contributed by atoms with Crippen LogP contribution in [0.1, 0.15) is 78.1 Å². The number of nitrogens with one attached hydrogen (secondary N) is 1. The van der Waals surface area contributed by atoms with Gasteiger partial charge in [0.1, 0.15) is 0 Å². The van der Waals surface area contributed by atoms with Crippen molar-refractivity contribution in [3.8, 4) is 0 Å². The predicted octanol–water partition coefficient (Wildman–Crippen LogP) is 4.60. The van der Waals surface area contributed by atoms with Crippen LogP contribution in [0.4, 0.5) is 0 Å². The maximum absolute atomic E-state index is 11.9. The van der Waals surface area contributed by atoms with Crippen molar-refractivity contribution in [3.63, 3.8) is 0 Å². The van der Waals surface area contributed by atoms with Gasteiger partial charge in [0.2, 0.25) is 5.91 Å². The van der Waals surface area contributed by atoms with Gasteiger partial charge in [-0.25, -0.2) is 0 Å². The van der Waals surface area contributed by atoms with E-state index in [1.54, 1.807) is 0 Å². The van der Waals surface area contributed by atoms with E-state index in [-0.39, 0.29) is 5.91 Å². The summed E-state index contributed by atoms with van der Waals surface area (Å²) < 4.78 is 0. The highest BCUT2D eigenvalue weighted by Gasteiger charge is 2.12. The lowest BCUT2D eigenvalue weighted by atomic mass is 9.88. The topological polar surface area (TPSA) is 29.1 Å². The van der Waals surface area contributed by atoms with Crippen LogP contribution < -0.4 is 5.32 Å². The fourth-order valence-corrected chi connectivity index (χ4v) is 2.80. The molecule has 0 aromatic heterocycles. The lowest BCUT2D eigenvalue weighted by molar-refractivity contribution is -0.117. The Morgan fingerprint density at radius 1 is 1.11 bits per heavy atom. The molecule has 0 bridgehead atoms. The molecular weight excluding hydrogens is 234 g/mol. The first-order valence-electron chi connectivity index (χ1n) is 8.20. The molecule has 1 saturated carbocycles. The van der Waals surface area contributed by atoms with Crippen molar-refractivity contribution in [3.05, 3.63) is 11.6 Å². The van der Waals surface area contributed by atoms with Gasteiger partial charge in [0.15, 0.2) is 0 Å². The summed E-state index contributed by atoms with van der Waals surface area (Å²) in [6.07, 6.45) is 15.0. The van der Waals surface area contributed by atoms with E-state index >= 15 is 0 Å². The van der Waals surface area contributed by atoms with Crippen molar-refractivity contribution in [1.29, 1.82) is 0 Å². The maximum atomic E-state index is 11.9. The Balaban J connectivity index is 2.15. The Labute approximate surface area is 119 Å². The molecule has 1 aliphatic carbocycles. The van der Waals surface area contributed by atoms with Crippen LogP contribution in [0.25, 0.3) is 0 Å². The number of allylic oxidation sites excluding steroid dienone is 1. The van der Waals surface area contributed by atoms with Crippen LogP contribution in [0.15, 0.2) is 11.6 Å². The van der Waals surface area contributed by atoms with Gasteiger partial charge in [0.25, 0.3) is 0 Å². The average molecular weight is 265 g/mol. The van der Waals surface area contributed by atoms with E-state index in [1.807, 2.05) is 6.92 Å². The van der Waals surface area contributed by atoms with Crippen molar-refractivity contribution in [2.75, 3.05) is 6.54 Å². The molecule has 110 valence electrons. The number of rotatable bonds is 8. The monoisotopic (exact) mass is 265 g/mol. The summed E-state index contributed by atoms with van der Waals surface area (Å²) in [4.78, 5) is 11.9. The number of hydrogen-bond donors (Lipinski definition) is 1. The molecule has 0 radical (unpaired) electrons. The van der Waals surface area contributed by atoms with Crippen LogP contribution in [-0.4, -0.2) is 12.5 Å². The molecule has 0 spiro atoms. The quantitative estimate of drug-likeness (QED) is 0.504. The van der Waals surface area contributed by atoms with Crippen LogP contribution in [-0.2, 0) is 4.79 Å². The summed E-state index contributed by atoms with van der Waals surface area (Å²) in [6, 6.07) is 0. The van der Waals surface area contributed by atoms with E-state index < -0.39 is 0 Å². The van der Waals surface area contributed by atoms with Gasteiger partial charge in [-0.2, -0.15) is 0 Å². The molecular formula is C17H31NO. The van der Waals surface area contributed by atoms with E-state index in [9.17, 15) is 4.79 Å². The van der Waals surface area contributed by atoms with E-state index in [1.165, 1.54) is 57.8 Å². The van der Waals surface area contributed by atoms with Crippen molar-refractivity contribution < 1.29 is 4.79 Å². The standard InChI is InChI=1S/C17H31NO/c1-3-4-5-6-10-13-18-17(19)15(2)14-16-11-8-7-9-12-16/h14,16H,3-13H2,1-2H3,(H,18,19). The zero-order chi connectivity index (χ0) is 13.9. The van der Waals surface area contributed by atoms with Crippen molar-refractivity contribution in [1.82, 2.24) is 5.32 Å². The Hall–Kier alpha value is -0.790. The molecule has 1 amide bonds. The molecule has 1 fully saturated rings. The molecule has 19 heavy (non-hydrogen) atoms. The Morgan fingerprint density at radius 2 is 1.79 bits per heavy atom. The summed E-state index contributed by atoms with van der Waals surface area (Å²) in [6.45, 7) is 5.01. The first-order valence-corrected chi connectivity index (χ1v) is 8.20. The highest BCUT2D eigenvalue weighted by Crippen LogP contribution is 2.25. The molecule has 2 heteroatoms. The van der Waals surface area contributed by atoms with E-state index in [0.29, 0.717) is 5.92 Å². The van der Waals surface area contributed by atoms with Gasteiger partial charge in [0.05, 0.1) is 0 Å². The Bertz CT molecular complexity index is 277. The van der Waals surface area contributed by atoms with Crippen molar-refractivity contribution >= 4 is 5.91 Å². The van der Waals surface area contributed by atoms with Crippen LogP contribution in [0, 0.1) is 5.92 Å².